The first kappa shape index (κ1) is 22.5. The average Bonchev–Trinajstić information content (AvgIpc) is 3.30. The number of fused-ring (bicyclic) bond motifs is 1. The van der Waals surface area contributed by atoms with Gasteiger partial charge in [0, 0.05) is 11.0 Å². The van der Waals surface area contributed by atoms with Crippen LogP contribution < -0.4 is 5.32 Å². The lowest BCUT2D eigenvalue weighted by Crippen LogP contribution is -2.21. The Bertz CT molecular complexity index is 1040. The third kappa shape index (κ3) is 5.52. The fraction of sp³-hybridized carbons (Fsp3) is 0.286. The topological polar surface area (TPSA) is 81.7 Å². The number of rotatable bonds is 6. The van der Waals surface area contributed by atoms with Crippen LogP contribution >= 0.6 is 11.3 Å². The number of anilines is 1. The molecule has 6 nitrogen and oxygen atoms in total. The van der Waals surface area contributed by atoms with E-state index < -0.39 is 36.2 Å². The number of methoxy groups -OCH3 is 1. The summed E-state index contributed by atoms with van der Waals surface area (Å²) in [6.45, 7) is -0.616. The number of hydrogen-bond donors (Lipinski definition) is 1. The molecule has 0 fully saturated rings. The molecule has 0 spiro atoms. The summed E-state index contributed by atoms with van der Waals surface area (Å²) in [5, 5.41) is 2.91. The molecule has 31 heavy (non-hydrogen) atoms. The van der Waals surface area contributed by atoms with Crippen LogP contribution in [0.15, 0.2) is 30.3 Å². The number of halogens is 3. The largest absolute Gasteiger partial charge is 0.465 e. The van der Waals surface area contributed by atoms with Crippen molar-refractivity contribution in [2.24, 2.45) is 0 Å². The number of alkyl halides is 3. The standard InChI is InChI=1S/C21H18F3NO5S/c1-29-20(28)18-14-6-3-7-15(14)31-19(18)25-16(26)11-30-17(27)9-8-12-4-2-5-13(10-12)21(22,23)24/h2,4-5,8-10H,3,6-7,11H2,1H3,(H,25,26). The lowest BCUT2D eigenvalue weighted by atomic mass is 10.1. The fourth-order valence-electron chi connectivity index (χ4n) is 3.14. The van der Waals surface area contributed by atoms with Crippen molar-refractivity contribution in [2.45, 2.75) is 25.4 Å². The van der Waals surface area contributed by atoms with Crippen LogP contribution in [0.2, 0.25) is 0 Å². The first-order chi connectivity index (χ1) is 14.7. The Labute approximate surface area is 179 Å². The van der Waals surface area contributed by atoms with Crippen molar-refractivity contribution in [1.82, 2.24) is 0 Å². The molecule has 1 aliphatic carbocycles. The molecule has 0 unspecified atom stereocenters. The van der Waals surface area contributed by atoms with Gasteiger partial charge < -0.3 is 14.8 Å². The molecule has 0 bridgehead atoms. The van der Waals surface area contributed by atoms with E-state index >= 15 is 0 Å². The van der Waals surface area contributed by atoms with Gasteiger partial charge in [0.25, 0.3) is 5.91 Å². The predicted octanol–water partition coefficient (Wildman–Crippen LogP) is 4.24. The highest BCUT2D eigenvalue weighted by Crippen LogP contribution is 2.39. The monoisotopic (exact) mass is 453 g/mol. The maximum Gasteiger partial charge on any atom is 0.416 e. The van der Waals surface area contributed by atoms with Crippen LogP contribution in [0.5, 0.6) is 0 Å². The molecule has 1 aromatic heterocycles. The molecule has 1 amide bonds. The van der Waals surface area contributed by atoms with E-state index in [1.54, 1.807) is 0 Å². The minimum Gasteiger partial charge on any atom is -0.465 e. The summed E-state index contributed by atoms with van der Waals surface area (Å²) in [6.07, 6.45) is 0.0658. The zero-order chi connectivity index (χ0) is 22.6. The van der Waals surface area contributed by atoms with Gasteiger partial charge in [-0.05, 0) is 48.6 Å². The Morgan fingerprint density at radius 2 is 2.00 bits per heavy atom. The molecule has 0 saturated heterocycles. The van der Waals surface area contributed by atoms with E-state index in [1.807, 2.05) is 0 Å². The van der Waals surface area contributed by atoms with Crippen LogP contribution in [0, 0.1) is 0 Å². The van der Waals surface area contributed by atoms with Crippen LogP contribution in [-0.2, 0) is 38.1 Å². The van der Waals surface area contributed by atoms with E-state index in [9.17, 15) is 27.6 Å². The molecule has 3 rings (SSSR count). The van der Waals surface area contributed by atoms with Gasteiger partial charge in [-0.25, -0.2) is 9.59 Å². The number of carbonyl (C=O) groups is 3. The molecule has 0 atom stereocenters. The summed E-state index contributed by atoms with van der Waals surface area (Å²) in [7, 11) is 1.26. The molecule has 1 aromatic carbocycles. The van der Waals surface area contributed by atoms with E-state index in [-0.39, 0.29) is 5.56 Å². The van der Waals surface area contributed by atoms with E-state index in [1.165, 1.54) is 30.6 Å². The lowest BCUT2D eigenvalue weighted by molar-refractivity contribution is -0.142. The van der Waals surface area contributed by atoms with Crippen molar-refractivity contribution in [2.75, 3.05) is 19.0 Å². The van der Waals surface area contributed by atoms with Crippen molar-refractivity contribution in [3.05, 3.63) is 57.5 Å². The number of hydrogen-bond acceptors (Lipinski definition) is 6. The highest BCUT2D eigenvalue weighted by Gasteiger charge is 2.30. The summed E-state index contributed by atoms with van der Waals surface area (Å²) < 4.78 is 47.8. The van der Waals surface area contributed by atoms with Gasteiger partial charge in [0.05, 0.1) is 18.2 Å². The molecular weight excluding hydrogens is 435 g/mol. The zero-order valence-electron chi connectivity index (χ0n) is 16.4. The van der Waals surface area contributed by atoms with Gasteiger partial charge in [-0.1, -0.05) is 12.1 Å². The van der Waals surface area contributed by atoms with Gasteiger partial charge in [-0.3, -0.25) is 4.79 Å². The first-order valence-corrected chi connectivity index (χ1v) is 10.1. The minimum absolute atomic E-state index is 0.159. The highest BCUT2D eigenvalue weighted by atomic mass is 32.1. The second kappa shape index (κ2) is 9.34. The molecule has 0 saturated carbocycles. The first-order valence-electron chi connectivity index (χ1n) is 9.24. The number of thiophene rings is 1. The maximum atomic E-state index is 12.7. The molecule has 0 aliphatic heterocycles. The Morgan fingerprint density at radius 3 is 2.71 bits per heavy atom. The number of nitrogens with one attached hydrogen (secondary N) is 1. The van der Waals surface area contributed by atoms with Crippen molar-refractivity contribution in [3.63, 3.8) is 0 Å². The highest BCUT2D eigenvalue weighted by molar-refractivity contribution is 7.17. The molecule has 1 aliphatic rings. The Balaban J connectivity index is 1.58. The average molecular weight is 453 g/mol. The van der Waals surface area contributed by atoms with E-state index in [0.29, 0.717) is 10.6 Å². The molecule has 164 valence electrons. The molecule has 0 radical (unpaired) electrons. The minimum atomic E-state index is -4.49. The summed E-state index contributed by atoms with van der Waals surface area (Å²) in [5.74, 6) is -2.09. The summed E-state index contributed by atoms with van der Waals surface area (Å²) >= 11 is 1.29. The smallest absolute Gasteiger partial charge is 0.416 e. The lowest BCUT2D eigenvalue weighted by Gasteiger charge is -2.07. The van der Waals surface area contributed by atoms with Gasteiger partial charge in [0.2, 0.25) is 0 Å². The summed E-state index contributed by atoms with van der Waals surface area (Å²) in [4.78, 5) is 37.0. The Morgan fingerprint density at radius 1 is 1.23 bits per heavy atom. The number of aryl methyl sites for hydroxylation is 1. The zero-order valence-corrected chi connectivity index (χ0v) is 17.2. The normalized spacial score (nSPS) is 13.2. The van der Waals surface area contributed by atoms with E-state index in [2.05, 4.69) is 5.32 Å². The van der Waals surface area contributed by atoms with Crippen molar-refractivity contribution in [3.8, 4) is 0 Å². The number of ether oxygens (including phenoxy) is 2. The quantitative estimate of drug-likeness (QED) is 0.523. The van der Waals surface area contributed by atoms with E-state index in [4.69, 9.17) is 9.47 Å². The second-order valence-electron chi connectivity index (χ2n) is 6.67. The number of benzene rings is 1. The predicted molar refractivity (Wildman–Crippen MR) is 108 cm³/mol. The van der Waals surface area contributed by atoms with Crippen LogP contribution in [0.1, 0.15) is 38.3 Å². The van der Waals surface area contributed by atoms with Crippen molar-refractivity contribution >= 4 is 40.3 Å². The molecule has 2 aromatic rings. The van der Waals surface area contributed by atoms with Crippen LogP contribution in [0.25, 0.3) is 6.08 Å². The molecule has 1 N–H and O–H groups in total. The van der Waals surface area contributed by atoms with Gasteiger partial charge in [-0.15, -0.1) is 11.3 Å². The SMILES string of the molecule is COC(=O)c1c(NC(=O)COC(=O)C=Cc2cccc(C(F)(F)F)c2)sc2c1CCC2. The fourth-order valence-corrected chi connectivity index (χ4v) is 4.43. The van der Waals surface area contributed by atoms with Gasteiger partial charge >= 0.3 is 18.1 Å². The number of esters is 2. The number of carbonyl (C=O) groups excluding carboxylic acids is 3. The van der Waals surface area contributed by atoms with Gasteiger partial charge in [0.15, 0.2) is 6.61 Å². The molecule has 10 heteroatoms. The van der Waals surface area contributed by atoms with Crippen LogP contribution in [0.3, 0.4) is 0 Å². The Hall–Kier alpha value is -3.14. The van der Waals surface area contributed by atoms with Crippen molar-refractivity contribution < 1.29 is 37.0 Å². The third-order valence-electron chi connectivity index (χ3n) is 4.54. The number of amides is 1. The summed E-state index contributed by atoms with van der Waals surface area (Å²) in [5.41, 5.74) is 0.510. The van der Waals surface area contributed by atoms with Gasteiger partial charge in [0.1, 0.15) is 5.00 Å². The maximum absolute atomic E-state index is 12.7. The van der Waals surface area contributed by atoms with Gasteiger partial charge in [-0.2, -0.15) is 13.2 Å². The Kier molecular flexibility index (Phi) is 6.79. The van der Waals surface area contributed by atoms with Crippen molar-refractivity contribution in [1.29, 1.82) is 0 Å². The second-order valence-corrected chi connectivity index (χ2v) is 7.77. The third-order valence-corrected chi connectivity index (χ3v) is 5.74. The molecule has 1 heterocycles. The van der Waals surface area contributed by atoms with Crippen LogP contribution in [-0.4, -0.2) is 31.6 Å². The van der Waals surface area contributed by atoms with Crippen LogP contribution in [0.4, 0.5) is 18.2 Å². The molecular formula is C21H18F3NO5S. The summed E-state index contributed by atoms with van der Waals surface area (Å²) in [6, 6.07) is 4.43. The van der Waals surface area contributed by atoms with E-state index in [0.717, 1.165) is 54.0 Å².